The lowest BCUT2D eigenvalue weighted by Gasteiger charge is -2.12. The van der Waals surface area contributed by atoms with E-state index < -0.39 is 10.2 Å². The van der Waals surface area contributed by atoms with Crippen LogP contribution in [0.2, 0.25) is 0 Å². The van der Waals surface area contributed by atoms with E-state index in [0.29, 0.717) is 18.2 Å². The van der Waals surface area contributed by atoms with Gasteiger partial charge in [-0.15, -0.1) is 11.8 Å². The number of hydrogen-bond donors (Lipinski definition) is 1. The molecule has 0 radical (unpaired) electrons. The van der Waals surface area contributed by atoms with Crippen LogP contribution in [0.25, 0.3) is 0 Å². The van der Waals surface area contributed by atoms with E-state index in [-0.39, 0.29) is 0 Å². The largest absolute Gasteiger partial charge is 0.278 e. The summed E-state index contributed by atoms with van der Waals surface area (Å²) in [6.07, 6.45) is 0.694. The lowest BCUT2D eigenvalue weighted by molar-refractivity contribution is 0.506. The molecule has 0 saturated carbocycles. The normalized spacial score (nSPS) is 12.3. The summed E-state index contributed by atoms with van der Waals surface area (Å²) >= 11 is 1.82. The van der Waals surface area contributed by atoms with Crippen LogP contribution < -0.4 is 4.72 Å². The first kappa shape index (κ1) is 16.5. The highest BCUT2D eigenvalue weighted by Crippen LogP contribution is 2.22. The molecule has 0 aliphatic rings. The van der Waals surface area contributed by atoms with Crippen molar-refractivity contribution in [3.05, 3.63) is 29.8 Å². The summed E-state index contributed by atoms with van der Waals surface area (Å²) in [6, 6.07) is 8.27. The Kier molecular flexibility index (Phi) is 6.32. The van der Waals surface area contributed by atoms with Crippen LogP contribution in [0, 0.1) is 0 Å². The molecule has 108 valence electrons. The molecule has 0 aliphatic heterocycles. The fourth-order valence-corrected chi connectivity index (χ4v) is 2.92. The number of nitrogens with one attached hydrogen (secondary N) is 1. The standard InChI is InChI=1S/C13H22N2O2S2/c1-11(2)18-13-7-5-12(6-8-13)9-10-14-19(16,17)15(3)4/h5-8,11,14H,9-10H2,1-4H3. The summed E-state index contributed by atoms with van der Waals surface area (Å²) in [7, 11) is -0.285. The van der Waals surface area contributed by atoms with Gasteiger partial charge in [-0.3, -0.25) is 0 Å². The van der Waals surface area contributed by atoms with Crippen molar-refractivity contribution in [1.29, 1.82) is 0 Å². The topological polar surface area (TPSA) is 49.4 Å². The van der Waals surface area contributed by atoms with Gasteiger partial charge in [-0.05, 0) is 24.1 Å². The Labute approximate surface area is 120 Å². The molecule has 0 heterocycles. The smallest absolute Gasteiger partial charge is 0.202 e. The van der Waals surface area contributed by atoms with Gasteiger partial charge in [0.25, 0.3) is 10.2 Å². The number of benzene rings is 1. The minimum atomic E-state index is -3.31. The van der Waals surface area contributed by atoms with Crippen molar-refractivity contribution in [3.8, 4) is 0 Å². The first-order valence-electron chi connectivity index (χ1n) is 6.24. The Morgan fingerprint density at radius 2 is 1.79 bits per heavy atom. The third-order valence-corrected chi connectivity index (χ3v) is 5.02. The third kappa shape index (κ3) is 5.95. The zero-order valence-electron chi connectivity index (χ0n) is 11.9. The van der Waals surface area contributed by atoms with Crippen LogP contribution in [0.1, 0.15) is 19.4 Å². The average Bonchev–Trinajstić information content (AvgIpc) is 2.30. The van der Waals surface area contributed by atoms with E-state index in [0.717, 1.165) is 5.56 Å². The minimum absolute atomic E-state index is 0.414. The SMILES string of the molecule is CC(C)Sc1ccc(CCNS(=O)(=O)N(C)C)cc1. The van der Waals surface area contributed by atoms with Crippen LogP contribution in [0.15, 0.2) is 29.2 Å². The molecular weight excluding hydrogens is 280 g/mol. The second-order valence-corrected chi connectivity index (χ2v) is 8.36. The third-order valence-electron chi connectivity index (χ3n) is 2.47. The number of nitrogens with zero attached hydrogens (tertiary/aromatic N) is 1. The molecule has 6 heteroatoms. The summed E-state index contributed by atoms with van der Waals surface area (Å²) in [6.45, 7) is 4.74. The van der Waals surface area contributed by atoms with Gasteiger partial charge in [-0.25, -0.2) is 4.72 Å². The highest BCUT2D eigenvalue weighted by Gasteiger charge is 2.11. The van der Waals surface area contributed by atoms with Crippen molar-refractivity contribution in [1.82, 2.24) is 9.03 Å². The molecule has 0 bridgehead atoms. The summed E-state index contributed by atoms with van der Waals surface area (Å²) in [5.41, 5.74) is 1.13. The van der Waals surface area contributed by atoms with E-state index in [1.54, 1.807) is 0 Å². The predicted octanol–water partition coefficient (Wildman–Crippen LogP) is 2.13. The van der Waals surface area contributed by atoms with Gasteiger partial charge in [0, 0.05) is 30.8 Å². The summed E-state index contributed by atoms with van der Waals surface area (Å²) in [4.78, 5) is 1.24. The second-order valence-electron chi connectivity index (χ2n) is 4.74. The molecule has 0 fully saturated rings. The van der Waals surface area contributed by atoms with Gasteiger partial charge in [0.05, 0.1) is 0 Å². The number of thioether (sulfide) groups is 1. The second kappa shape index (κ2) is 7.28. The molecule has 1 aromatic rings. The van der Waals surface area contributed by atoms with Gasteiger partial charge in [-0.1, -0.05) is 26.0 Å². The van der Waals surface area contributed by atoms with Crippen molar-refractivity contribution >= 4 is 22.0 Å². The van der Waals surface area contributed by atoms with Crippen molar-refractivity contribution < 1.29 is 8.42 Å². The van der Waals surface area contributed by atoms with Crippen LogP contribution in [0.4, 0.5) is 0 Å². The Morgan fingerprint density at radius 1 is 1.21 bits per heavy atom. The molecule has 1 N–H and O–H groups in total. The monoisotopic (exact) mass is 302 g/mol. The van der Waals surface area contributed by atoms with E-state index in [4.69, 9.17) is 0 Å². The van der Waals surface area contributed by atoms with E-state index in [9.17, 15) is 8.42 Å². The van der Waals surface area contributed by atoms with E-state index in [2.05, 4.69) is 42.8 Å². The molecule has 1 rings (SSSR count). The zero-order chi connectivity index (χ0) is 14.5. The van der Waals surface area contributed by atoms with Crippen LogP contribution in [-0.2, 0) is 16.6 Å². The van der Waals surface area contributed by atoms with Gasteiger partial charge in [0.1, 0.15) is 0 Å². The molecule has 19 heavy (non-hydrogen) atoms. The maximum Gasteiger partial charge on any atom is 0.278 e. The lowest BCUT2D eigenvalue weighted by atomic mass is 10.2. The average molecular weight is 302 g/mol. The lowest BCUT2D eigenvalue weighted by Crippen LogP contribution is -2.36. The Morgan fingerprint density at radius 3 is 2.26 bits per heavy atom. The van der Waals surface area contributed by atoms with Crippen LogP contribution >= 0.6 is 11.8 Å². The molecule has 0 aliphatic carbocycles. The van der Waals surface area contributed by atoms with E-state index in [1.807, 2.05) is 11.8 Å². The first-order valence-corrected chi connectivity index (χ1v) is 8.56. The van der Waals surface area contributed by atoms with Gasteiger partial charge in [0.2, 0.25) is 0 Å². The van der Waals surface area contributed by atoms with E-state index in [1.165, 1.54) is 23.3 Å². The van der Waals surface area contributed by atoms with Crippen molar-refractivity contribution in [2.45, 2.75) is 30.4 Å². The minimum Gasteiger partial charge on any atom is -0.202 e. The molecule has 0 spiro atoms. The van der Waals surface area contributed by atoms with Crippen molar-refractivity contribution in [2.75, 3.05) is 20.6 Å². The first-order chi connectivity index (χ1) is 8.81. The fourth-order valence-electron chi connectivity index (χ4n) is 1.46. The number of hydrogen-bond acceptors (Lipinski definition) is 3. The maximum absolute atomic E-state index is 11.5. The summed E-state index contributed by atoms with van der Waals surface area (Å²) in [5, 5.41) is 0.567. The van der Waals surface area contributed by atoms with Gasteiger partial charge in [-0.2, -0.15) is 12.7 Å². The Hall–Kier alpha value is -0.560. The molecule has 0 aromatic heterocycles. The molecular formula is C13H22N2O2S2. The van der Waals surface area contributed by atoms with Gasteiger partial charge in [0.15, 0.2) is 0 Å². The van der Waals surface area contributed by atoms with Crippen LogP contribution in [0.5, 0.6) is 0 Å². The van der Waals surface area contributed by atoms with Gasteiger partial charge >= 0.3 is 0 Å². The summed E-state index contributed by atoms with van der Waals surface area (Å²) < 4.78 is 26.7. The molecule has 0 saturated heterocycles. The Bertz CT molecular complexity index is 482. The summed E-state index contributed by atoms with van der Waals surface area (Å²) in [5.74, 6) is 0. The highest BCUT2D eigenvalue weighted by atomic mass is 32.2. The van der Waals surface area contributed by atoms with E-state index >= 15 is 0 Å². The highest BCUT2D eigenvalue weighted by molar-refractivity contribution is 7.99. The fraction of sp³-hybridized carbons (Fsp3) is 0.538. The van der Waals surface area contributed by atoms with Crippen LogP contribution in [0.3, 0.4) is 0 Å². The molecule has 0 amide bonds. The molecule has 1 aromatic carbocycles. The van der Waals surface area contributed by atoms with Gasteiger partial charge < -0.3 is 0 Å². The maximum atomic E-state index is 11.5. The van der Waals surface area contributed by atoms with Crippen LogP contribution in [-0.4, -0.2) is 38.6 Å². The molecule has 4 nitrogen and oxygen atoms in total. The quantitative estimate of drug-likeness (QED) is 0.785. The number of rotatable bonds is 7. The zero-order valence-corrected chi connectivity index (χ0v) is 13.5. The van der Waals surface area contributed by atoms with Crippen molar-refractivity contribution in [3.63, 3.8) is 0 Å². The predicted molar refractivity (Wildman–Crippen MR) is 81.7 cm³/mol. The molecule has 0 unspecified atom stereocenters. The van der Waals surface area contributed by atoms with Crippen molar-refractivity contribution in [2.24, 2.45) is 0 Å². The Balaban J connectivity index is 2.47. The molecule has 0 atom stereocenters.